The van der Waals surface area contributed by atoms with Gasteiger partial charge in [0, 0.05) is 18.4 Å². The lowest BCUT2D eigenvalue weighted by Gasteiger charge is -2.44. The molecule has 0 atom stereocenters. The number of benzene rings is 1. The SMILES string of the molecule is C=C.COc1cccc(CC2(N3CCCC3)CCC(=O)CC2)c1. The summed E-state index contributed by atoms with van der Waals surface area (Å²) >= 11 is 0. The van der Waals surface area contributed by atoms with Gasteiger partial charge in [0.05, 0.1) is 7.11 Å². The smallest absolute Gasteiger partial charge is 0.133 e. The van der Waals surface area contributed by atoms with E-state index in [4.69, 9.17) is 4.74 Å². The molecule has 1 aliphatic heterocycles. The van der Waals surface area contributed by atoms with Gasteiger partial charge in [-0.05, 0) is 62.9 Å². The number of Topliss-reactive ketones (excluding diaryl/α,β-unsaturated/α-hetero) is 1. The minimum absolute atomic E-state index is 0.191. The molecule has 3 heteroatoms. The average molecular weight is 315 g/mol. The second-order valence-corrected chi connectivity index (χ2v) is 6.49. The molecule has 1 saturated heterocycles. The Morgan fingerprint density at radius 1 is 1.17 bits per heavy atom. The van der Waals surface area contributed by atoms with E-state index in [9.17, 15) is 4.79 Å². The molecule has 1 heterocycles. The minimum Gasteiger partial charge on any atom is -0.497 e. The highest BCUT2D eigenvalue weighted by Gasteiger charge is 2.40. The molecule has 1 aliphatic carbocycles. The van der Waals surface area contributed by atoms with Crippen LogP contribution in [0.1, 0.15) is 44.1 Å². The van der Waals surface area contributed by atoms with Gasteiger partial charge < -0.3 is 4.74 Å². The van der Waals surface area contributed by atoms with Gasteiger partial charge in [0.1, 0.15) is 11.5 Å². The zero-order valence-electron chi connectivity index (χ0n) is 14.4. The first kappa shape index (κ1) is 17.7. The van der Waals surface area contributed by atoms with Crippen molar-refractivity contribution in [3.05, 3.63) is 43.0 Å². The summed E-state index contributed by atoms with van der Waals surface area (Å²) in [4.78, 5) is 14.3. The van der Waals surface area contributed by atoms with Crippen molar-refractivity contribution >= 4 is 5.78 Å². The Balaban J connectivity index is 0.000000924. The van der Waals surface area contributed by atoms with E-state index < -0.39 is 0 Å². The second-order valence-electron chi connectivity index (χ2n) is 6.49. The van der Waals surface area contributed by atoms with Crippen LogP contribution in [0.15, 0.2) is 37.4 Å². The summed E-state index contributed by atoms with van der Waals surface area (Å²) in [5.41, 5.74) is 1.52. The molecule has 0 radical (unpaired) electrons. The van der Waals surface area contributed by atoms with Gasteiger partial charge in [0.15, 0.2) is 0 Å². The summed E-state index contributed by atoms with van der Waals surface area (Å²) in [5, 5.41) is 0. The van der Waals surface area contributed by atoms with Crippen molar-refractivity contribution in [2.75, 3.05) is 20.2 Å². The van der Waals surface area contributed by atoms with Gasteiger partial charge in [-0.25, -0.2) is 0 Å². The largest absolute Gasteiger partial charge is 0.497 e. The van der Waals surface area contributed by atoms with Crippen molar-refractivity contribution in [2.45, 2.75) is 50.5 Å². The quantitative estimate of drug-likeness (QED) is 0.786. The van der Waals surface area contributed by atoms with Crippen LogP contribution in [0, 0.1) is 0 Å². The average Bonchev–Trinajstić information content (AvgIpc) is 3.14. The molecule has 0 amide bonds. The van der Waals surface area contributed by atoms with Crippen LogP contribution in [0.2, 0.25) is 0 Å². The van der Waals surface area contributed by atoms with Crippen LogP contribution in [-0.2, 0) is 11.2 Å². The number of ether oxygens (including phenoxy) is 1. The fourth-order valence-corrected chi connectivity index (χ4v) is 3.95. The van der Waals surface area contributed by atoms with Gasteiger partial charge in [-0.1, -0.05) is 12.1 Å². The van der Waals surface area contributed by atoms with Crippen LogP contribution in [0.4, 0.5) is 0 Å². The molecule has 3 rings (SSSR count). The Kier molecular flexibility index (Phi) is 6.40. The number of hydrogen-bond acceptors (Lipinski definition) is 3. The zero-order chi connectivity index (χ0) is 16.7. The number of rotatable bonds is 4. The predicted molar refractivity (Wildman–Crippen MR) is 95.0 cm³/mol. The number of carbonyl (C=O) groups is 1. The maximum Gasteiger partial charge on any atom is 0.133 e. The number of hydrogen-bond donors (Lipinski definition) is 0. The molecule has 2 fully saturated rings. The highest BCUT2D eigenvalue weighted by atomic mass is 16.5. The van der Waals surface area contributed by atoms with Crippen LogP contribution >= 0.6 is 0 Å². The van der Waals surface area contributed by atoms with E-state index in [0.29, 0.717) is 5.78 Å². The Morgan fingerprint density at radius 3 is 2.43 bits per heavy atom. The lowest BCUT2D eigenvalue weighted by atomic mass is 9.76. The topological polar surface area (TPSA) is 29.5 Å². The monoisotopic (exact) mass is 315 g/mol. The van der Waals surface area contributed by atoms with E-state index in [1.54, 1.807) is 7.11 Å². The minimum atomic E-state index is 0.191. The van der Waals surface area contributed by atoms with Gasteiger partial charge in [-0.2, -0.15) is 0 Å². The third kappa shape index (κ3) is 4.23. The number of nitrogens with zero attached hydrogens (tertiary/aromatic N) is 1. The fourth-order valence-electron chi connectivity index (χ4n) is 3.95. The van der Waals surface area contributed by atoms with Crippen molar-refractivity contribution < 1.29 is 9.53 Å². The summed E-state index contributed by atoms with van der Waals surface area (Å²) in [6.45, 7) is 8.39. The fraction of sp³-hybridized carbons (Fsp3) is 0.550. The summed E-state index contributed by atoms with van der Waals surface area (Å²) in [6.07, 6.45) is 7.17. The lowest BCUT2D eigenvalue weighted by molar-refractivity contribution is -0.123. The normalized spacial score (nSPS) is 20.7. The van der Waals surface area contributed by atoms with Crippen molar-refractivity contribution in [1.29, 1.82) is 0 Å². The number of methoxy groups -OCH3 is 1. The number of ketones is 1. The van der Waals surface area contributed by atoms with E-state index in [-0.39, 0.29) is 5.54 Å². The first-order valence-corrected chi connectivity index (χ1v) is 8.62. The van der Waals surface area contributed by atoms with Gasteiger partial charge in [-0.15, -0.1) is 13.2 Å². The van der Waals surface area contributed by atoms with Crippen molar-refractivity contribution in [2.24, 2.45) is 0 Å². The first-order chi connectivity index (χ1) is 11.2. The lowest BCUT2D eigenvalue weighted by Crippen LogP contribution is -2.51. The zero-order valence-corrected chi connectivity index (χ0v) is 14.4. The molecule has 1 aromatic carbocycles. The van der Waals surface area contributed by atoms with Gasteiger partial charge in [0.2, 0.25) is 0 Å². The molecule has 23 heavy (non-hydrogen) atoms. The molecule has 0 spiro atoms. The van der Waals surface area contributed by atoms with Crippen LogP contribution in [-0.4, -0.2) is 36.4 Å². The summed E-state index contributed by atoms with van der Waals surface area (Å²) in [5.74, 6) is 1.37. The second kappa shape index (κ2) is 8.30. The third-order valence-electron chi connectivity index (χ3n) is 5.18. The Bertz CT molecular complexity index is 510. The molecule has 0 bridgehead atoms. The highest BCUT2D eigenvalue weighted by Crippen LogP contribution is 2.38. The highest BCUT2D eigenvalue weighted by molar-refractivity contribution is 5.79. The third-order valence-corrected chi connectivity index (χ3v) is 5.18. The standard InChI is InChI=1S/C18H25NO2.C2H4/c1-21-17-6-4-5-15(13-17)14-18(19-11-2-3-12-19)9-7-16(20)8-10-18;1-2/h4-6,13H,2-3,7-12,14H2,1H3;1-2H2. The Hall–Kier alpha value is -1.61. The van der Waals surface area contributed by atoms with Gasteiger partial charge >= 0.3 is 0 Å². The van der Waals surface area contributed by atoms with Crippen molar-refractivity contribution in [3.8, 4) is 5.75 Å². The number of carbonyl (C=O) groups excluding carboxylic acids is 1. The molecule has 3 nitrogen and oxygen atoms in total. The van der Waals surface area contributed by atoms with E-state index in [2.05, 4.69) is 36.3 Å². The molecule has 0 unspecified atom stereocenters. The van der Waals surface area contributed by atoms with E-state index in [1.807, 2.05) is 6.07 Å². The van der Waals surface area contributed by atoms with Crippen LogP contribution < -0.4 is 4.74 Å². The van der Waals surface area contributed by atoms with E-state index in [0.717, 1.165) is 37.9 Å². The van der Waals surface area contributed by atoms with E-state index >= 15 is 0 Å². The molecule has 0 N–H and O–H groups in total. The summed E-state index contributed by atoms with van der Waals surface area (Å²) in [7, 11) is 1.72. The molecule has 1 saturated carbocycles. The van der Waals surface area contributed by atoms with Crippen molar-refractivity contribution in [3.63, 3.8) is 0 Å². The molecule has 1 aromatic rings. The molecule has 0 aromatic heterocycles. The molecular weight excluding hydrogens is 286 g/mol. The summed E-state index contributed by atoms with van der Waals surface area (Å²) < 4.78 is 5.35. The molecular formula is C20H29NO2. The van der Waals surface area contributed by atoms with Crippen molar-refractivity contribution in [1.82, 2.24) is 4.90 Å². The summed E-state index contributed by atoms with van der Waals surface area (Å²) in [6, 6.07) is 8.40. The number of likely N-dealkylation sites (tertiary alicyclic amines) is 1. The Morgan fingerprint density at radius 2 is 1.83 bits per heavy atom. The Labute approximate surface area is 140 Å². The molecule has 126 valence electrons. The van der Waals surface area contributed by atoms with Gasteiger partial charge in [-0.3, -0.25) is 9.69 Å². The molecule has 2 aliphatic rings. The van der Waals surface area contributed by atoms with Crippen LogP contribution in [0.3, 0.4) is 0 Å². The van der Waals surface area contributed by atoms with E-state index in [1.165, 1.54) is 31.5 Å². The van der Waals surface area contributed by atoms with Gasteiger partial charge in [0.25, 0.3) is 0 Å². The van der Waals surface area contributed by atoms with Crippen LogP contribution in [0.25, 0.3) is 0 Å². The maximum absolute atomic E-state index is 11.7. The maximum atomic E-state index is 11.7. The predicted octanol–water partition coefficient (Wildman–Crippen LogP) is 4.02. The first-order valence-electron chi connectivity index (χ1n) is 8.62. The van der Waals surface area contributed by atoms with Crippen LogP contribution in [0.5, 0.6) is 5.75 Å².